The van der Waals surface area contributed by atoms with Crippen LogP contribution in [-0.2, 0) is 6.42 Å². The van der Waals surface area contributed by atoms with Crippen LogP contribution in [-0.4, -0.2) is 33.1 Å². The van der Waals surface area contributed by atoms with Crippen LogP contribution < -0.4 is 14.8 Å². The maximum atomic E-state index is 5.58. The molecule has 1 N–H and O–H groups in total. The lowest BCUT2D eigenvalue weighted by Gasteiger charge is -2.27. The van der Waals surface area contributed by atoms with Crippen molar-refractivity contribution in [3.63, 3.8) is 0 Å². The van der Waals surface area contributed by atoms with Gasteiger partial charge >= 0.3 is 0 Å². The SMILES string of the molecule is COc1ccc(OC)c2c1CC1(CCNC1)CCS2. The van der Waals surface area contributed by atoms with Crippen molar-refractivity contribution < 1.29 is 9.47 Å². The molecule has 2 aliphatic rings. The van der Waals surface area contributed by atoms with E-state index in [1.807, 2.05) is 23.9 Å². The molecular formula is C15H21NO2S. The highest BCUT2D eigenvalue weighted by atomic mass is 32.2. The Bertz CT molecular complexity index is 469. The second-order valence-electron chi connectivity index (χ2n) is 5.48. The van der Waals surface area contributed by atoms with Crippen molar-refractivity contribution in [2.24, 2.45) is 5.41 Å². The van der Waals surface area contributed by atoms with E-state index in [2.05, 4.69) is 5.32 Å². The second-order valence-corrected chi connectivity index (χ2v) is 6.58. The highest BCUT2D eigenvalue weighted by molar-refractivity contribution is 7.99. The van der Waals surface area contributed by atoms with E-state index in [-0.39, 0.29) is 0 Å². The first-order chi connectivity index (χ1) is 9.28. The van der Waals surface area contributed by atoms with Gasteiger partial charge in [-0.2, -0.15) is 0 Å². The molecule has 1 aromatic rings. The number of thioether (sulfide) groups is 1. The predicted molar refractivity (Wildman–Crippen MR) is 78.5 cm³/mol. The van der Waals surface area contributed by atoms with Gasteiger partial charge in [-0.1, -0.05) is 0 Å². The average Bonchev–Trinajstić information content (AvgIpc) is 2.79. The Morgan fingerprint density at radius 3 is 2.63 bits per heavy atom. The molecule has 0 aromatic heterocycles. The largest absolute Gasteiger partial charge is 0.496 e. The zero-order valence-electron chi connectivity index (χ0n) is 11.6. The van der Waals surface area contributed by atoms with E-state index in [0.717, 1.165) is 36.8 Å². The summed E-state index contributed by atoms with van der Waals surface area (Å²) in [6, 6.07) is 4.06. The molecule has 3 nitrogen and oxygen atoms in total. The van der Waals surface area contributed by atoms with Gasteiger partial charge in [0.15, 0.2) is 0 Å². The molecule has 2 aliphatic heterocycles. The van der Waals surface area contributed by atoms with Crippen LogP contribution in [0, 0.1) is 5.41 Å². The van der Waals surface area contributed by atoms with Crippen molar-refractivity contribution in [2.45, 2.75) is 24.2 Å². The van der Waals surface area contributed by atoms with E-state index >= 15 is 0 Å². The Morgan fingerprint density at radius 2 is 1.95 bits per heavy atom. The Balaban J connectivity index is 2.05. The van der Waals surface area contributed by atoms with Gasteiger partial charge in [0.2, 0.25) is 0 Å². The summed E-state index contributed by atoms with van der Waals surface area (Å²) in [5, 5.41) is 3.53. The van der Waals surface area contributed by atoms with E-state index in [9.17, 15) is 0 Å². The third-order valence-corrected chi connectivity index (χ3v) is 5.53. The molecule has 3 rings (SSSR count). The second kappa shape index (κ2) is 5.25. The number of nitrogens with one attached hydrogen (secondary N) is 1. The first-order valence-electron chi connectivity index (χ1n) is 6.85. The van der Waals surface area contributed by atoms with Gasteiger partial charge < -0.3 is 14.8 Å². The van der Waals surface area contributed by atoms with Crippen LogP contribution in [0.3, 0.4) is 0 Å². The minimum Gasteiger partial charge on any atom is -0.496 e. The number of ether oxygens (including phenoxy) is 2. The Kier molecular flexibility index (Phi) is 3.63. The van der Waals surface area contributed by atoms with Crippen LogP contribution in [0.1, 0.15) is 18.4 Å². The third-order valence-electron chi connectivity index (χ3n) is 4.38. The van der Waals surface area contributed by atoms with Crippen molar-refractivity contribution >= 4 is 11.8 Å². The zero-order chi connectivity index (χ0) is 13.3. The number of hydrogen-bond acceptors (Lipinski definition) is 4. The van der Waals surface area contributed by atoms with Crippen LogP contribution in [0.5, 0.6) is 11.5 Å². The van der Waals surface area contributed by atoms with Gasteiger partial charge in [0.05, 0.1) is 19.1 Å². The molecule has 1 saturated heterocycles. The smallest absolute Gasteiger partial charge is 0.132 e. The van der Waals surface area contributed by atoms with Gasteiger partial charge in [-0.3, -0.25) is 0 Å². The fourth-order valence-corrected chi connectivity index (χ4v) is 4.64. The van der Waals surface area contributed by atoms with Crippen molar-refractivity contribution in [3.05, 3.63) is 17.7 Å². The van der Waals surface area contributed by atoms with E-state index in [0.29, 0.717) is 5.41 Å². The van der Waals surface area contributed by atoms with Crippen molar-refractivity contribution in [3.8, 4) is 11.5 Å². The fraction of sp³-hybridized carbons (Fsp3) is 0.600. The minimum absolute atomic E-state index is 0.415. The molecule has 0 radical (unpaired) electrons. The average molecular weight is 279 g/mol. The standard InChI is InChI=1S/C15H21NO2S/c1-17-12-3-4-13(18-2)14-11(12)9-15(6-8-19-14)5-7-16-10-15/h3-4,16H,5-10H2,1-2H3. The molecule has 19 heavy (non-hydrogen) atoms. The maximum Gasteiger partial charge on any atom is 0.132 e. The Labute approximate surface area is 119 Å². The van der Waals surface area contributed by atoms with E-state index in [1.54, 1.807) is 14.2 Å². The Morgan fingerprint density at radius 1 is 1.16 bits per heavy atom. The van der Waals surface area contributed by atoms with Crippen molar-refractivity contribution in [1.29, 1.82) is 0 Å². The molecule has 0 amide bonds. The molecule has 2 heterocycles. The van der Waals surface area contributed by atoms with Crippen molar-refractivity contribution in [2.75, 3.05) is 33.1 Å². The van der Waals surface area contributed by atoms with Gasteiger partial charge in [0, 0.05) is 12.1 Å². The summed E-state index contributed by atoms with van der Waals surface area (Å²) in [5.74, 6) is 3.17. The highest BCUT2D eigenvalue weighted by Crippen LogP contribution is 2.47. The molecule has 1 unspecified atom stereocenters. The number of benzene rings is 1. The van der Waals surface area contributed by atoms with Crippen LogP contribution in [0.2, 0.25) is 0 Å². The summed E-state index contributed by atoms with van der Waals surface area (Å²) in [6.07, 6.45) is 3.64. The molecule has 0 saturated carbocycles. The molecule has 0 bridgehead atoms. The molecule has 0 aliphatic carbocycles. The van der Waals surface area contributed by atoms with Gasteiger partial charge in [-0.15, -0.1) is 11.8 Å². The Hall–Kier alpha value is -0.870. The normalized spacial score (nSPS) is 26.0. The van der Waals surface area contributed by atoms with Crippen LogP contribution in [0.15, 0.2) is 17.0 Å². The summed E-state index contributed by atoms with van der Waals surface area (Å²) in [4.78, 5) is 1.28. The number of hydrogen-bond donors (Lipinski definition) is 1. The lowest BCUT2D eigenvalue weighted by atomic mass is 9.78. The molecule has 4 heteroatoms. The molecule has 1 spiro atoms. The topological polar surface area (TPSA) is 30.5 Å². The van der Waals surface area contributed by atoms with E-state index < -0.39 is 0 Å². The van der Waals surface area contributed by atoms with E-state index in [1.165, 1.54) is 23.3 Å². The van der Waals surface area contributed by atoms with Crippen LogP contribution in [0.4, 0.5) is 0 Å². The van der Waals surface area contributed by atoms with Crippen LogP contribution in [0.25, 0.3) is 0 Å². The van der Waals surface area contributed by atoms with Gasteiger partial charge in [-0.05, 0) is 49.1 Å². The van der Waals surface area contributed by atoms with Crippen molar-refractivity contribution in [1.82, 2.24) is 5.32 Å². The van der Waals surface area contributed by atoms with Gasteiger partial charge in [0.25, 0.3) is 0 Å². The van der Waals surface area contributed by atoms with Crippen LogP contribution >= 0.6 is 11.8 Å². The summed E-state index contributed by atoms with van der Waals surface area (Å²) in [7, 11) is 3.51. The quantitative estimate of drug-likeness (QED) is 0.901. The summed E-state index contributed by atoms with van der Waals surface area (Å²) in [5.41, 5.74) is 1.76. The first kappa shape index (κ1) is 13.1. The van der Waals surface area contributed by atoms with Gasteiger partial charge in [-0.25, -0.2) is 0 Å². The zero-order valence-corrected chi connectivity index (χ0v) is 12.4. The minimum atomic E-state index is 0.415. The predicted octanol–water partition coefficient (Wildman–Crippen LogP) is 2.72. The lowest BCUT2D eigenvalue weighted by Crippen LogP contribution is -2.26. The highest BCUT2D eigenvalue weighted by Gasteiger charge is 2.37. The fourth-order valence-electron chi connectivity index (χ4n) is 3.26. The first-order valence-corrected chi connectivity index (χ1v) is 7.84. The number of methoxy groups -OCH3 is 2. The molecule has 1 fully saturated rings. The third kappa shape index (κ3) is 2.32. The number of rotatable bonds is 2. The number of fused-ring (bicyclic) bond motifs is 1. The molecule has 1 aromatic carbocycles. The molecular weight excluding hydrogens is 258 g/mol. The molecule has 104 valence electrons. The van der Waals surface area contributed by atoms with E-state index in [4.69, 9.17) is 9.47 Å². The monoisotopic (exact) mass is 279 g/mol. The van der Waals surface area contributed by atoms with Gasteiger partial charge in [0.1, 0.15) is 11.5 Å². The summed E-state index contributed by atoms with van der Waals surface area (Å²) >= 11 is 1.92. The maximum absolute atomic E-state index is 5.58. The summed E-state index contributed by atoms with van der Waals surface area (Å²) < 4.78 is 11.1. The molecule has 1 atom stereocenters. The lowest BCUT2D eigenvalue weighted by molar-refractivity contribution is 0.302. The summed E-state index contributed by atoms with van der Waals surface area (Å²) in [6.45, 7) is 2.28.